The second kappa shape index (κ2) is 6.73. The number of benzene rings is 2. The molecule has 0 bridgehead atoms. The van der Waals surface area contributed by atoms with Gasteiger partial charge in [0.15, 0.2) is 0 Å². The molecule has 0 saturated heterocycles. The molecule has 0 aliphatic carbocycles. The van der Waals surface area contributed by atoms with Crippen LogP contribution in [0.5, 0.6) is 5.75 Å². The quantitative estimate of drug-likeness (QED) is 0.840. The minimum absolute atomic E-state index is 0.000343. The van der Waals surface area contributed by atoms with Gasteiger partial charge >= 0.3 is 6.18 Å². The topological polar surface area (TPSA) is 67.8 Å². The van der Waals surface area contributed by atoms with Gasteiger partial charge in [-0.2, -0.15) is 21.6 Å². The maximum atomic E-state index is 12.9. The molecule has 0 aromatic heterocycles. The van der Waals surface area contributed by atoms with Crippen LogP contribution in [0.25, 0.3) is 4.91 Å². The molecule has 27 heavy (non-hydrogen) atoms. The van der Waals surface area contributed by atoms with Gasteiger partial charge in [-0.05, 0) is 55.0 Å². The molecule has 142 valence electrons. The minimum Gasteiger partial charge on any atom is -0.497 e. The Kier molecular flexibility index (Phi) is 4.73. The maximum absolute atomic E-state index is 12.9. The molecule has 1 aliphatic rings. The number of rotatable bonds is 3. The number of ether oxygens (including phenoxy) is 1. The van der Waals surface area contributed by atoms with Crippen molar-refractivity contribution < 1.29 is 26.3 Å². The molecule has 0 radical (unpaired) electrons. The number of amidine groups is 1. The third-order valence-electron chi connectivity index (χ3n) is 3.97. The second-order valence-electron chi connectivity index (χ2n) is 5.80. The van der Waals surface area contributed by atoms with Crippen LogP contribution >= 0.6 is 0 Å². The van der Waals surface area contributed by atoms with Crippen molar-refractivity contribution in [3.8, 4) is 5.75 Å². The third-order valence-corrected chi connectivity index (χ3v) is 5.45. The number of hydrogen-bond donors (Lipinski definition) is 1. The maximum Gasteiger partial charge on any atom is 0.416 e. The van der Waals surface area contributed by atoms with Crippen LogP contribution in [0.3, 0.4) is 0 Å². The van der Waals surface area contributed by atoms with E-state index in [4.69, 9.17) is 4.74 Å². The van der Waals surface area contributed by atoms with Crippen LogP contribution in [0.15, 0.2) is 58.5 Å². The highest BCUT2D eigenvalue weighted by Crippen LogP contribution is 2.35. The molecule has 0 saturated carbocycles. The van der Waals surface area contributed by atoms with E-state index in [2.05, 4.69) is 9.71 Å². The number of methoxy groups -OCH3 is 1. The van der Waals surface area contributed by atoms with E-state index in [1.54, 1.807) is 31.2 Å². The number of sulfonamides is 1. The zero-order valence-corrected chi connectivity index (χ0v) is 15.1. The summed E-state index contributed by atoms with van der Waals surface area (Å²) in [6, 6.07) is 10.9. The first kappa shape index (κ1) is 19.0. The first-order valence-corrected chi connectivity index (χ1v) is 9.21. The predicted octanol–water partition coefficient (Wildman–Crippen LogP) is 4.30. The Morgan fingerprint density at radius 1 is 1.07 bits per heavy atom. The average molecular weight is 396 g/mol. The van der Waals surface area contributed by atoms with Gasteiger partial charge in [-0.3, -0.25) is 0 Å². The Hall–Kier alpha value is -2.81. The fourth-order valence-corrected chi connectivity index (χ4v) is 4.10. The van der Waals surface area contributed by atoms with Crippen molar-refractivity contribution in [3.63, 3.8) is 0 Å². The molecule has 9 heteroatoms. The smallest absolute Gasteiger partial charge is 0.416 e. The molecule has 1 heterocycles. The van der Waals surface area contributed by atoms with Gasteiger partial charge in [0.1, 0.15) is 16.5 Å². The largest absolute Gasteiger partial charge is 0.497 e. The summed E-state index contributed by atoms with van der Waals surface area (Å²) in [5.41, 5.74) is -0.0180. The van der Waals surface area contributed by atoms with Crippen LogP contribution in [0, 0.1) is 0 Å². The highest BCUT2D eigenvalue weighted by molar-refractivity contribution is 8.00. The lowest BCUT2D eigenvalue weighted by molar-refractivity contribution is -0.137. The molecular formula is C18H15F3N2O3S. The molecule has 2 aromatic rings. The predicted molar refractivity (Wildman–Crippen MR) is 97.0 cm³/mol. The van der Waals surface area contributed by atoms with E-state index in [-0.39, 0.29) is 16.4 Å². The van der Waals surface area contributed by atoms with Gasteiger partial charge in [0.2, 0.25) is 0 Å². The molecule has 0 fully saturated rings. The van der Waals surface area contributed by atoms with Crippen molar-refractivity contribution in [1.29, 1.82) is 0 Å². The van der Waals surface area contributed by atoms with Crippen LogP contribution < -0.4 is 10.1 Å². The second-order valence-corrected chi connectivity index (χ2v) is 7.34. The molecular weight excluding hydrogens is 381 g/mol. The molecule has 0 spiro atoms. The number of nitrogens with zero attached hydrogens (tertiary/aromatic N) is 1. The van der Waals surface area contributed by atoms with Gasteiger partial charge in [0.25, 0.3) is 10.0 Å². The third kappa shape index (κ3) is 3.82. The molecule has 1 N–H and O–H groups in total. The summed E-state index contributed by atoms with van der Waals surface area (Å²) in [6.07, 6.45) is -4.50. The van der Waals surface area contributed by atoms with Crippen LogP contribution in [0.2, 0.25) is 0 Å². The minimum atomic E-state index is -4.50. The lowest BCUT2D eigenvalue weighted by atomic mass is 10.1. The molecule has 0 atom stereocenters. The summed E-state index contributed by atoms with van der Waals surface area (Å²) < 4.78 is 72.2. The zero-order valence-electron chi connectivity index (χ0n) is 14.3. The molecule has 1 aliphatic heterocycles. The summed E-state index contributed by atoms with van der Waals surface area (Å²) in [6.45, 7) is 1.55. The van der Waals surface area contributed by atoms with E-state index < -0.39 is 21.8 Å². The molecule has 0 unspecified atom stereocenters. The van der Waals surface area contributed by atoms with Crippen LogP contribution in [-0.4, -0.2) is 21.4 Å². The highest BCUT2D eigenvalue weighted by atomic mass is 32.2. The summed E-state index contributed by atoms with van der Waals surface area (Å²) in [7, 11) is -2.48. The Labute approximate surface area is 154 Å². The first-order valence-electron chi connectivity index (χ1n) is 7.77. The van der Waals surface area contributed by atoms with Crippen molar-refractivity contribution in [1.82, 2.24) is 0 Å². The Morgan fingerprint density at radius 2 is 1.74 bits per heavy atom. The van der Waals surface area contributed by atoms with Gasteiger partial charge in [-0.15, -0.1) is 4.40 Å². The monoisotopic (exact) mass is 396 g/mol. The average Bonchev–Trinajstić information content (AvgIpc) is 2.83. The van der Waals surface area contributed by atoms with E-state index in [0.717, 1.165) is 12.1 Å². The fourth-order valence-electron chi connectivity index (χ4n) is 2.67. The van der Waals surface area contributed by atoms with Crippen molar-refractivity contribution in [3.05, 3.63) is 65.2 Å². The Morgan fingerprint density at radius 3 is 2.33 bits per heavy atom. The van der Waals surface area contributed by atoms with E-state index in [1.165, 1.54) is 19.2 Å². The van der Waals surface area contributed by atoms with Gasteiger partial charge in [0.05, 0.1) is 12.7 Å². The molecule has 2 aromatic carbocycles. The number of alkyl halides is 3. The fraction of sp³-hybridized carbons (Fsp3) is 0.167. The number of anilines is 1. The highest BCUT2D eigenvalue weighted by Gasteiger charge is 2.32. The standard InChI is InChI=1S/C18H15F3N2O3S/c1-11-16(12-6-8-15(26-2)9-7-12)27(24,25)23-17(11)22-14-5-3-4-13(10-14)18(19,20)21/h3-10H,1-2H3,(H,22,23). The first-order chi connectivity index (χ1) is 12.6. The summed E-state index contributed by atoms with van der Waals surface area (Å²) in [4.78, 5) is -0.000343. The summed E-state index contributed by atoms with van der Waals surface area (Å²) in [5.74, 6) is 0.552. The van der Waals surface area contributed by atoms with E-state index in [1.807, 2.05) is 0 Å². The lowest BCUT2D eigenvalue weighted by Gasteiger charge is -2.11. The van der Waals surface area contributed by atoms with Crippen LogP contribution in [0.1, 0.15) is 18.1 Å². The van der Waals surface area contributed by atoms with Crippen molar-refractivity contribution in [2.24, 2.45) is 4.40 Å². The molecule has 5 nitrogen and oxygen atoms in total. The van der Waals surface area contributed by atoms with Crippen LogP contribution in [-0.2, 0) is 16.2 Å². The zero-order chi connectivity index (χ0) is 19.8. The van der Waals surface area contributed by atoms with Gasteiger partial charge in [0, 0.05) is 11.3 Å². The Balaban J connectivity index is 1.96. The normalized spacial score (nSPS) is 16.3. The van der Waals surface area contributed by atoms with E-state index >= 15 is 0 Å². The van der Waals surface area contributed by atoms with Gasteiger partial charge in [-0.25, -0.2) is 0 Å². The van der Waals surface area contributed by atoms with Gasteiger partial charge < -0.3 is 10.1 Å². The molecule has 3 rings (SSSR count). The van der Waals surface area contributed by atoms with Crippen molar-refractivity contribution in [2.75, 3.05) is 12.4 Å². The number of halogens is 3. The van der Waals surface area contributed by atoms with Crippen molar-refractivity contribution in [2.45, 2.75) is 13.1 Å². The van der Waals surface area contributed by atoms with E-state index in [9.17, 15) is 21.6 Å². The number of hydrogen-bond acceptors (Lipinski definition) is 4. The summed E-state index contributed by atoms with van der Waals surface area (Å²) in [5, 5.41) is 2.67. The van der Waals surface area contributed by atoms with Gasteiger partial charge in [-0.1, -0.05) is 6.07 Å². The SMILES string of the molecule is COc1ccc(C2=C(C)C(Nc3cccc(C(F)(F)F)c3)=NS2(=O)=O)cc1. The van der Waals surface area contributed by atoms with Crippen LogP contribution in [0.4, 0.5) is 18.9 Å². The summed E-state index contributed by atoms with van der Waals surface area (Å²) >= 11 is 0. The Bertz CT molecular complexity index is 1040. The number of nitrogens with one attached hydrogen (secondary N) is 1. The van der Waals surface area contributed by atoms with Crippen molar-refractivity contribution >= 4 is 26.5 Å². The van der Waals surface area contributed by atoms with E-state index in [0.29, 0.717) is 16.9 Å². The molecule has 0 amide bonds. The lowest BCUT2D eigenvalue weighted by Crippen LogP contribution is -2.12.